The third kappa shape index (κ3) is 2.31. The molecular formula is C13H20N2S. The Morgan fingerprint density at radius 3 is 2.75 bits per heavy atom. The fourth-order valence-corrected chi connectivity index (χ4v) is 3.28. The van der Waals surface area contributed by atoms with Gasteiger partial charge in [0.25, 0.3) is 0 Å². The Balaban J connectivity index is 1.62. The Morgan fingerprint density at radius 1 is 1.44 bits per heavy atom. The molecule has 2 aliphatic carbocycles. The van der Waals surface area contributed by atoms with E-state index in [9.17, 15) is 0 Å². The summed E-state index contributed by atoms with van der Waals surface area (Å²) < 4.78 is 0. The van der Waals surface area contributed by atoms with Crippen LogP contribution in [0.2, 0.25) is 0 Å². The van der Waals surface area contributed by atoms with Crippen LogP contribution in [-0.4, -0.2) is 23.0 Å². The first kappa shape index (κ1) is 10.8. The number of hydrogen-bond acceptors (Lipinski definition) is 3. The number of rotatable bonds is 5. The second-order valence-corrected chi connectivity index (χ2v) is 6.46. The minimum Gasteiger partial charge on any atom is -0.324 e. The van der Waals surface area contributed by atoms with Crippen LogP contribution in [0, 0.1) is 0 Å². The van der Waals surface area contributed by atoms with E-state index in [1.165, 1.54) is 37.0 Å². The van der Waals surface area contributed by atoms with Crippen molar-refractivity contribution in [3.8, 4) is 0 Å². The van der Waals surface area contributed by atoms with Gasteiger partial charge in [-0.25, -0.2) is 0 Å². The summed E-state index contributed by atoms with van der Waals surface area (Å²) in [6.07, 6.45) is 6.53. The van der Waals surface area contributed by atoms with E-state index < -0.39 is 0 Å². The molecule has 88 valence electrons. The molecule has 16 heavy (non-hydrogen) atoms. The lowest BCUT2D eigenvalue weighted by molar-refractivity contribution is 0.134. The quantitative estimate of drug-likeness (QED) is 0.851. The summed E-state index contributed by atoms with van der Waals surface area (Å²) in [5.41, 5.74) is 6.50. The summed E-state index contributed by atoms with van der Waals surface area (Å²) in [5, 5.41) is 2.17. The first-order valence-corrected chi connectivity index (χ1v) is 7.18. The molecule has 0 spiro atoms. The number of nitrogens with zero attached hydrogens (tertiary/aromatic N) is 1. The zero-order valence-electron chi connectivity index (χ0n) is 9.69. The molecule has 2 nitrogen and oxygen atoms in total. The number of hydrogen-bond donors (Lipinski definition) is 1. The van der Waals surface area contributed by atoms with Gasteiger partial charge in [0.2, 0.25) is 0 Å². The zero-order valence-corrected chi connectivity index (χ0v) is 10.5. The molecule has 0 bridgehead atoms. The van der Waals surface area contributed by atoms with Gasteiger partial charge in [-0.1, -0.05) is 6.07 Å². The van der Waals surface area contributed by atoms with Crippen molar-refractivity contribution in [1.82, 2.24) is 4.90 Å². The minimum absolute atomic E-state index is 0.139. The maximum Gasteiger partial charge on any atom is 0.0331 e. The van der Waals surface area contributed by atoms with Crippen molar-refractivity contribution < 1.29 is 0 Å². The predicted octanol–water partition coefficient (Wildman–Crippen LogP) is 2.59. The van der Waals surface area contributed by atoms with Crippen LogP contribution in [0.1, 0.15) is 37.0 Å². The normalized spacial score (nSPS) is 23.4. The lowest BCUT2D eigenvalue weighted by atomic mass is 9.77. The van der Waals surface area contributed by atoms with Gasteiger partial charge in [-0.3, -0.25) is 4.90 Å². The van der Waals surface area contributed by atoms with Gasteiger partial charge in [0.1, 0.15) is 0 Å². The number of nitrogens with two attached hydrogens (primary N) is 1. The summed E-state index contributed by atoms with van der Waals surface area (Å²) in [6.45, 7) is 2.22. The van der Waals surface area contributed by atoms with Crippen molar-refractivity contribution in [2.24, 2.45) is 5.73 Å². The van der Waals surface area contributed by atoms with Crippen LogP contribution in [-0.2, 0) is 6.54 Å². The molecule has 0 amide bonds. The molecule has 1 aromatic rings. The summed E-state index contributed by atoms with van der Waals surface area (Å²) in [5.74, 6) is 0. The summed E-state index contributed by atoms with van der Waals surface area (Å²) in [6, 6.07) is 5.21. The average molecular weight is 236 g/mol. The molecule has 1 heterocycles. The van der Waals surface area contributed by atoms with Crippen LogP contribution in [0.3, 0.4) is 0 Å². The molecule has 2 aliphatic rings. The molecule has 0 radical (unpaired) electrons. The van der Waals surface area contributed by atoms with E-state index in [0.29, 0.717) is 0 Å². The van der Waals surface area contributed by atoms with Crippen molar-refractivity contribution in [3.05, 3.63) is 22.4 Å². The van der Waals surface area contributed by atoms with Crippen molar-refractivity contribution in [3.63, 3.8) is 0 Å². The fourth-order valence-electron chi connectivity index (χ4n) is 2.55. The highest BCUT2D eigenvalue weighted by Crippen LogP contribution is 2.35. The molecule has 1 aromatic heterocycles. The number of thiophene rings is 1. The van der Waals surface area contributed by atoms with Gasteiger partial charge in [0.15, 0.2) is 0 Å². The summed E-state index contributed by atoms with van der Waals surface area (Å²) >= 11 is 1.87. The van der Waals surface area contributed by atoms with Gasteiger partial charge in [0, 0.05) is 29.5 Å². The van der Waals surface area contributed by atoms with Crippen LogP contribution >= 0.6 is 11.3 Å². The summed E-state index contributed by atoms with van der Waals surface area (Å²) in [7, 11) is 0. The van der Waals surface area contributed by atoms with Crippen LogP contribution in [0.15, 0.2) is 17.5 Å². The highest BCUT2D eigenvalue weighted by molar-refractivity contribution is 7.09. The maximum atomic E-state index is 6.36. The van der Waals surface area contributed by atoms with Crippen LogP contribution in [0.4, 0.5) is 0 Å². The van der Waals surface area contributed by atoms with Crippen molar-refractivity contribution in [1.29, 1.82) is 0 Å². The average Bonchev–Trinajstić information content (AvgIpc) is 2.95. The van der Waals surface area contributed by atoms with Crippen molar-refractivity contribution in [2.75, 3.05) is 6.54 Å². The van der Waals surface area contributed by atoms with E-state index in [1.807, 2.05) is 11.3 Å². The monoisotopic (exact) mass is 236 g/mol. The highest BCUT2D eigenvalue weighted by Gasteiger charge is 2.38. The Hall–Kier alpha value is -0.380. The second-order valence-electron chi connectivity index (χ2n) is 5.43. The van der Waals surface area contributed by atoms with E-state index in [4.69, 9.17) is 5.73 Å². The Bertz CT molecular complexity index is 339. The van der Waals surface area contributed by atoms with Crippen LogP contribution in [0.25, 0.3) is 0 Å². The van der Waals surface area contributed by atoms with E-state index in [-0.39, 0.29) is 5.54 Å². The Labute approximate surface area is 101 Å². The smallest absolute Gasteiger partial charge is 0.0331 e. The predicted molar refractivity (Wildman–Crippen MR) is 68.5 cm³/mol. The molecule has 2 N–H and O–H groups in total. The van der Waals surface area contributed by atoms with E-state index >= 15 is 0 Å². The SMILES string of the molecule is NC1(CN(Cc2cccs2)C2CC2)CCC1. The van der Waals surface area contributed by atoms with Crippen molar-refractivity contribution in [2.45, 2.75) is 50.2 Å². The van der Waals surface area contributed by atoms with Crippen molar-refractivity contribution >= 4 is 11.3 Å². The largest absolute Gasteiger partial charge is 0.324 e. The minimum atomic E-state index is 0.139. The summed E-state index contributed by atoms with van der Waals surface area (Å²) in [4.78, 5) is 4.10. The maximum absolute atomic E-state index is 6.36. The lowest BCUT2D eigenvalue weighted by Crippen LogP contribution is -2.55. The third-order valence-electron chi connectivity index (χ3n) is 3.87. The molecule has 0 atom stereocenters. The van der Waals surface area contributed by atoms with Gasteiger partial charge < -0.3 is 5.73 Å². The molecule has 0 aromatic carbocycles. The van der Waals surface area contributed by atoms with Gasteiger partial charge >= 0.3 is 0 Å². The third-order valence-corrected chi connectivity index (χ3v) is 4.73. The molecular weight excluding hydrogens is 216 g/mol. The molecule has 3 heteroatoms. The standard InChI is InChI=1S/C13H20N2S/c14-13(6-2-7-13)10-15(11-4-5-11)9-12-3-1-8-16-12/h1,3,8,11H,2,4-7,9-10,14H2. The Kier molecular flexibility index (Phi) is 2.78. The van der Waals surface area contributed by atoms with E-state index in [2.05, 4.69) is 22.4 Å². The highest BCUT2D eigenvalue weighted by atomic mass is 32.1. The molecule has 3 rings (SSSR count). The lowest BCUT2D eigenvalue weighted by Gasteiger charge is -2.42. The zero-order chi connectivity index (χ0) is 11.0. The molecule has 0 saturated heterocycles. The van der Waals surface area contributed by atoms with Crippen LogP contribution in [0.5, 0.6) is 0 Å². The van der Waals surface area contributed by atoms with Gasteiger partial charge in [-0.2, -0.15) is 0 Å². The molecule has 0 unspecified atom stereocenters. The van der Waals surface area contributed by atoms with Gasteiger partial charge in [0.05, 0.1) is 0 Å². The Morgan fingerprint density at radius 2 is 2.25 bits per heavy atom. The fraction of sp³-hybridized carbons (Fsp3) is 0.692. The van der Waals surface area contributed by atoms with E-state index in [1.54, 1.807) is 0 Å². The molecule has 2 saturated carbocycles. The topological polar surface area (TPSA) is 29.3 Å². The van der Waals surface area contributed by atoms with Gasteiger partial charge in [-0.05, 0) is 43.6 Å². The first-order valence-electron chi connectivity index (χ1n) is 6.31. The van der Waals surface area contributed by atoms with Crippen LogP contribution < -0.4 is 5.73 Å². The van der Waals surface area contributed by atoms with Gasteiger partial charge in [-0.15, -0.1) is 11.3 Å². The first-order chi connectivity index (χ1) is 7.75. The van der Waals surface area contributed by atoms with E-state index in [0.717, 1.165) is 19.1 Å². The molecule has 2 fully saturated rings. The molecule has 0 aliphatic heterocycles. The second kappa shape index (κ2) is 4.13.